The third kappa shape index (κ3) is 8.74. The molecule has 2 aromatic rings. The summed E-state index contributed by atoms with van der Waals surface area (Å²) in [5.74, 6) is 2.38. The first kappa shape index (κ1) is 26.1. The Morgan fingerprint density at radius 3 is 2.62 bits per heavy atom. The van der Waals surface area contributed by atoms with Crippen molar-refractivity contribution in [1.29, 1.82) is 0 Å². The highest BCUT2D eigenvalue weighted by Crippen LogP contribution is 2.28. The lowest BCUT2D eigenvalue weighted by molar-refractivity contribution is -0.118. The fourth-order valence-electron chi connectivity index (χ4n) is 3.05. The molecule has 0 fully saturated rings. The third-order valence-corrected chi connectivity index (χ3v) is 5.96. The highest BCUT2D eigenvalue weighted by atomic mass is 35.5. The predicted octanol–water partition coefficient (Wildman–Crippen LogP) is 4.61. The molecule has 7 nitrogen and oxygen atoms in total. The molecule has 0 unspecified atom stereocenters. The average molecular weight is 481 g/mol. The molecule has 0 atom stereocenters. The summed E-state index contributed by atoms with van der Waals surface area (Å²) in [6, 6.07) is 7.62. The fourth-order valence-corrected chi connectivity index (χ4v) is 3.96. The first-order valence-corrected chi connectivity index (χ1v) is 12.2. The van der Waals surface area contributed by atoms with E-state index >= 15 is 0 Å². The van der Waals surface area contributed by atoms with E-state index in [-0.39, 0.29) is 11.7 Å². The van der Waals surface area contributed by atoms with Gasteiger partial charge in [-0.25, -0.2) is 9.97 Å². The van der Waals surface area contributed by atoms with Crippen molar-refractivity contribution in [3.63, 3.8) is 0 Å². The fraction of sp³-hybridized carbons (Fsp3) is 0.522. The summed E-state index contributed by atoms with van der Waals surface area (Å²) in [6.07, 6.45) is 5.32. The smallest absolute Gasteiger partial charge is 0.230 e. The number of nitrogens with one attached hydrogen (secondary N) is 1. The molecule has 1 N–H and O–H groups in total. The zero-order valence-corrected chi connectivity index (χ0v) is 20.9. The minimum absolute atomic E-state index is 0.0153. The molecule has 9 heteroatoms. The lowest BCUT2D eigenvalue weighted by atomic mass is 10.1. The maximum Gasteiger partial charge on any atom is 0.230 e. The summed E-state index contributed by atoms with van der Waals surface area (Å²) in [7, 11) is 5.20. The van der Waals surface area contributed by atoms with E-state index in [4.69, 9.17) is 21.1 Å². The van der Waals surface area contributed by atoms with Crippen molar-refractivity contribution in [2.45, 2.75) is 44.2 Å². The second-order valence-electron chi connectivity index (χ2n) is 7.39. The largest absolute Gasteiger partial charge is 0.493 e. The van der Waals surface area contributed by atoms with E-state index in [1.807, 2.05) is 30.1 Å². The van der Waals surface area contributed by atoms with Crippen molar-refractivity contribution >= 4 is 35.1 Å². The molecule has 2 rings (SSSR count). The molecule has 32 heavy (non-hydrogen) atoms. The molecule has 0 aliphatic rings. The molecule has 0 saturated carbocycles. The number of aromatic nitrogens is 2. The van der Waals surface area contributed by atoms with Crippen LogP contribution < -0.4 is 19.7 Å². The highest BCUT2D eigenvalue weighted by molar-refractivity contribution is 7.99. The average Bonchev–Trinajstić information content (AvgIpc) is 2.80. The van der Waals surface area contributed by atoms with Crippen molar-refractivity contribution in [2.75, 3.05) is 45.0 Å². The molecule has 0 radical (unpaired) electrons. The molecule has 1 amide bonds. The topological polar surface area (TPSA) is 76.6 Å². The maximum atomic E-state index is 12.1. The van der Waals surface area contributed by atoms with Crippen LogP contribution in [0.5, 0.6) is 11.5 Å². The monoisotopic (exact) mass is 480 g/mol. The van der Waals surface area contributed by atoms with E-state index in [0.29, 0.717) is 34.2 Å². The van der Waals surface area contributed by atoms with Crippen LogP contribution in [0.15, 0.2) is 29.4 Å². The van der Waals surface area contributed by atoms with E-state index in [0.717, 1.165) is 31.4 Å². The zero-order valence-electron chi connectivity index (χ0n) is 19.3. The van der Waals surface area contributed by atoms with Gasteiger partial charge in [0.1, 0.15) is 11.0 Å². The Labute approximate surface area is 200 Å². The van der Waals surface area contributed by atoms with Gasteiger partial charge >= 0.3 is 0 Å². The molecular weight excluding hydrogens is 448 g/mol. The van der Waals surface area contributed by atoms with E-state index in [1.54, 1.807) is 20.3 Å². The number of rotatable bonds is 14. The van der Waals surface area contributed by atoms with Crippen LogP contribution in [-0.2, 0) is 11.2 Å². The second kappa shape index (κ2) is 14.1. The Kier molecular flexibility index (Phi) is 11.5. The number of likely N-dealkylation sites (N-methyl/N-ethyl adjacent to an activating group) is 1. The summed E-state index contributed by atoms with van der Waals surface area (Å²) in [6.45, 7) is 3.60. The zero-order chi connectivity index (χ0) is 23.3. The van der Waals surface area contributed by atoms with Gasteiger partial charge in [-0.05, 0) is 30.5 Å². The van der Waals surface area contributed by atoms with Gasteiger partial charge in [0.2, 0.25) is 5.91 Å². The number of hydrogen-bond donors (Lipinski definition) is 1. The van der Waals surface area contributed by atoms with Gasteiger partial charge in [0.05, 0.1) is 20.0 Å². The lowest BCUT2D eigenvalue weighted by Crippen LogP contribution is -2.26. The third-order valence-electron chi connectivity index (χ3n) is 4.92. The van der Waals surface area contributed by atoms with Crippen LogP contribution in [-0.4, -0.2) is 56.0 Å². The Hall–Kier alpha value is -2.19. The number of unbranched alkanes of at least 4 members (excludes halogenated alkanes) is 3. The molecule has 0 bridgehead atoms. The molecule has 0 aliphatic heterocycles. The summed E-state index contributed by atoms with van der Waals surface area (Å²) >= 11 is 7.50. The molecule has 0 aliphatic carbocycles. The molecule has 0 saturated heterocycles. The van der Waals surface area contributed by atoms with Gasteiger partial charge in [0.25, 0.3) is 0 Å². The van der Waals surface area contributed by atoms with Gasteiger partial charge < -0.3 is 19.7 Å². The summed E-state index contributed by atoms with van der Waals surface area (Å²) in [5, 5.41) is 3.79. The molecule has 1 heterocycles. The number of thioether (sulfide) groups is 1. The van der Waals surface area contributed by atoms with Crippen LogP contribution in [0.3, 0.4) is 0 Å². The van der Waals surface area contributed by atoms with E-state index in [9.17, 15) is 4.79 Å². The van der Waals surface area contributed by atoms with Gasteiger partial charge in [-0.2, -0.15) is 0 Å². The number of anilines is 1. The van der Waals surface area contributed by atoms with Crippen LogP contribution in [0.2, 0.25) is 5.15 Å². The van der Waals surface area contributed by atoms with Crippen LogP contribution in [0, 0.1) is 0 Å². The van der Waals surface area contributed by atoms with Crippen molar-refractivity contribution < 1.29 is 14.3 Å². The minimum Gasteiger partial charge on any atom is -0.493 e. The highest BCUT2D eigenvalue weighted by Gasteiger charge is 2.11. The molecule has 176 valence electrons. The van der Waals surface area contributed by atoms with Gasteiger partial charge in [0, 0.05) is 26.2 Å². The van der Waals surface area contributed by atoms with Gasteiger partial charge in [-0.1, -0.05) is 55.6 Å². The molecule has 1 aromatic heterocycles. The van der Waals surface area contributed by atoms with E-state index in [2.05, 4.69) is 22.2 Å². The Morgan fingerprint density at radius 1 is 1.12 bits per heavy atom. The van der Waals surface area contributed by atoms with Crippen molar-refractivity contribution in [3.8, 4) is 11.5 Å². The predicted molar refractivity (Wildman–Crippen MR) is 131 cm³/mol. The lowest BCUT2D eigenvalue weighted by Gasteiger charge is -2.19. The van der Waals surface area contributed by atoms with Crippen LogP contribution in [0.4, 0.5) is 5.82 Å². The van der Waals surface area contributed by atoms with E-state index < -0.39 is 0 Å². The SMILES string of the molecule is CCCCCCNC(=O)CSc1nc(Cl)cc(N(C)CCc2ccc(OC)c(OC)c2)n1. The van der Waals surface area contributed by atoms with Crippen LogP contribution >= 0.6 is 23.4 Å². The summed E-state index contributed by atoms with van der Waals surface area (Å²) in [4.78, 5) is 22.9. The van der Waals surface area contributed by atoms with Crippen LogP contribution in [0.1, 0.15) is 38.2 Å². The Balaban J connectivity index is 1.88. The second-order valence-corrected chi connectivity index (χ2v) is 8.72. The summed E-state index contributed by atoms with van der Waals surface area (Å²) in [5.41, 5.74) is 1.12. The minimum atomic E-state index is -0.0153. The van der Waals surface area contributed by atoms with Gasteiger partial charge in [-0.3, -0.25) is 4.79 Å². The molecular formula is C23H33ClN4O3S. The number of ether oxygens (including phenoxy) is 2. The first-order valence-electron chi connectivity index (χ1n) is 10.8. The van der Waals surface area contributed by atoms with E-state index in [1.165, 1.54) is 24.6 Å². The number of hydrogen-bond acceptors (Lipinski definition) is 7. The molecule has 1 aromatic carbocycles. The quantitative estimate of drug-likeness (QED) is 0.183. The summed E-state index contributed by atoms with van der Waals surface area (Å²) < 4.78 is 10.7. The Morgan fingerprint density at radius 2 is 1.91 bits per heavy atom. The van der Waals surface area contributed by atoms with Gasteiger partial charge in [0.15, 0.2) is 16.7 Å². The van der Waals surface area contributed by atoms with Gasteiger partial charge in [-0.15, -0.1) is 0 Å². The number of amides is 1. The number of carbonyl (C=O) groups excluding carboxylic acids is 1. The first-order chi connectivity index (χ1) is 15.5. The van der Waals surface area contributed by atoms with Crippen molar-refractivity contribution in [1.82, 2.24) is 15.3 Å². The number of methoxy groups -OCH3 is 2. The normalized spacial score (nSPS) is 10.7. The molecule has 0 spiro atoms. The Bertz CT molecular complexity index is 869. The number of nitrogens with zero attached hydrogens (tertiary/aromatic N) is 3. The standard InChI is InChI=1S/C23H33ClN4O3S/c1-5-6-7-8-12-25-22(29)16-32-23-26-20(24)15-21(27-23)28(2)13-11-17-9-10-18(30-3)19(14-17)31-4/h9-10,14-15H,5-8,11-13,16H2,1-4H3,(H,25,29). The van der Waals surface area contributed by atoms with Crippen molar-refractivity contribution in [3.05, 3.63) is 35.0 Å². The van der Waals surface area contributed by atoms with Crippen LogP contribution in [0.25, 0.3) is 0 Å². The maximum absolute atomic E-state index is 12.1. The van der Waals surface area contributed by atoms with Crippen molar-refractivity contribution in [2.24, 2.45) is 0 Å². The number of carbonyl (C=O) groups is 1. The number of benzene rings is 1. The number of halogens is 1.